The molecule has 2 aromatic carbocycles. The summed E-state index contributed by atoms with van der Waals surface area (Å²) in [5.41, 5.74) is 0.773. The molecule has 0 aliphatic rings. The number of ether oxygens (including phenoxy) is 1. The molecule has 0 spiro atoms. The summed E-state index contributed by atoms with van der Waals surface area (Å²) in [5.74, 6) is 0.781. The highest BCUT2D eigenvalue weighted by atomic mass is 32.2. The first-order valence-electron chi connectivity index (χ1n) is 7.29. The lowest BCUT2D eigenvalue weighted by Crippen LogP contribution is -2.33. The Labute approximate surface area is 136 Å². The molecule has 0 unspecified atom stereocenters. The number of benzene rings is 2. The smallest absolute Gasteiger partial charge is 0.240 e. The lowest BCUT2D eigenvalue weighted by molar-refractivity contribution is -0.117. The van der Waals surface area contributed by atoms with Crippen molar-refractivity contribution in [2.45, 2.75) is 30.4 Å². The van der Waals surface area contributed by atoms with Crippen molar-refractivity contribution in [3.63, 3.8) is 0 Å². The van der Waals surface area contributed by atoms with Gasteiger partial charge in [0, 0.05) is 10.6 Å². The molecule has 4 heteroatoms. The third kappa shape index (κ3) is 4.53. The molecule has 0 fully saturated rings. The Morgan fingerprint density at radius 3 is 2.32 bits per heavy atom. The number of anilines is 1. The number of carbonyl (C=O) groups is 1. The van der Waals surface area contributed by atoms with E-state index in [4.69, 9.17) is 4.74 Å². The molecule has 3 nitrogen and oxygen atoms in total. The van der Waals surface area contributed by atoms with Crippen LogP contribution in [-0.2, 0) is 4.79 Å². The van der Waals surface area contributed by atoms with E-state index < -0.39 is 4.75 Å². The van der Waals surface area contributed by atoms with Crippen molar-refractivity contribution in [3.8, 4) is 5.75 Å². The lowest BCUT2D eigenvalue weighted by atomic mass is 10.2. The van der Waals surface area contributed by atoms with Gasteiger partial charge in [-0.2, -0.15) is 0 Å². The topological polar surface area (TPSA) is 38.3 Å². The van der Waals surface area contributed by atoms with Crippen molar-refractivity contribution in [2.75, 3.05) is 11.9 Å². The van der Waals surface area contributed by atoms with Crippen LogP contribution in [0.4, 0.5) is 5.69 Å². The van der Waals surface area contributed by atoms with Crippen molar-refractivity contribution < 1.29 is 9.53 Å². The zero-order chi connectivity index (χ0) is 16.0. The minimum atomic E-state index is -0.556. The van der Waals surface area contributed by atoms with Gasteiger partial charge in [0.05, 0.1) is 11.4 Å². The largest absolute Gasteiger partial charge is 0.494 e. The second-order valence-corrected chi connectivity index (χ2v) is 7.03. The summed E-state index contributed by atoms with van der Waals surface area (Å²) >= 11 is 1.55. The van der Waals surface area contributed by atoms with Crippen LogP contribution >= 0.6 is 11.8 Å². The fraction of sp³-hybridized carbons (Fsp3) is 0.278. The minimum absolute atomic E-state index is 0.0227. The molecule has 0 saturated carbocycles. The van der Waals surface area contributed by atoms with Crippen LogP contribution in [0.25, 0.3) is 0 Å². The Balaban J connectivity index is 2.00. The van der Waals surface area contributed by atoms with Crippen LogP contribution in [0.1, 0.15) is 20.8 Å². The molecule has 0 aromatic heterocycles. The van der Waals surface area contributed by atoms with E-state index in [0.717, 1.165) is 16.3 Å². The first-order chi connectivity index (χ1) is 10.5. The summed E-state index contributed by atoms with van der Waals surface area (Å²) in [7, 11) is 0. The summed E-state index contributed by atoms with van der Waals surface area (Å²) in [6, 6.07) is 17.4. The van der Waals surface area contributed by atoms with Crippen LogP contribution < -0.4 is 10.1 Å². The molecular weight excluding hydrogens is 294 g/mol. The van der Waals surface area contributed by atoms with Gasteiger partial charge in [-0.25, -0.2) is 0 Å². The molecule has 2 aromatic rings. The maximum atomic E-state index is 12.5. The van der Waals surface area contributed by atoms with E-state index in [1.807, 2.05) is 75.4 Å². The van der Waals surface area contributed by atoms with Gasteiger partial charge >= 0.3 is 0 Å². The van der Waals surface area contributed by atoms with Gasteiger partial charge in [-0.15, -0.1) is 11.8 Å². The predicted octanol–water partition coefficient (Wildman–Crippen LogP) is 4.59. The zero-order valence-corrected chi connectivity index (χ0v) is 13.9. The molecule has 116 valence electrons. The molecule has 0 saturated heterocycles. The maximum absolute atomic E-state index is 12.5. The third-order valence-corrected chi connectivity index (χ3v) is 4.29. The molecule has 0 heterocycles. The van der Waals surface area contributed by atoms with Crippen molar-refractivity contribution in [1.29, 1.82) is 0 Å². The monoisotopic (exact) mass is 315 g/mol. The minimum Gasteiger partial charge on any atom is -0.494 e. The van der Waals surface area contributed by atoms with Crippen LogP contribution in [0.5, 0.6) is 5.75 Å². The van der Waals surface area contributed by atoms with Gasteiger partial charge in [-0.3, -0.25) is 4.79 Å². The Morgan fingerprint density at radius 2 is 1.73 bits per heavy atom. The number of amides is 1. The molecule has 0 atom stereocenters. The SMILES string of the molecule is CCOc1ccc(NC(=O)C(C)(C)Sc2ccccc2)cc1. The van der Waals surface area contributed by atoms with Crippen LogP contribution in [0.15, 0.2) is 59.5 Å². The molecule has 1 amide bonds. The first-order valence-corrected chi connectivity index (χ1v) is 8.11. The summed E-state index contributed by atoms with van der Waals surface area (Å²) in [6.07, 6.45) is 0. The van der Waals surface area contributed by atoms with Gasteiger partial charge in [0.15, 0.2) is 0 Å². The van der Waals surface area contributed by atoms with Crippen LogP contribution in [0.3, 0.4) is 0 Å². The van der Waals surface area contributed by atoms with Crippen molar-refractivity contribution >= 4 is 23.4 Å². The van der Waals surface area contributed by atoms with E-state index in [1.165, 1.54) is 0 Å². The standard InChI is InChI=1S/C18H21NO2S/c1-4-21-15-12-10-14(11-13-15)19-17(20)18(2,3)22-16-8-6-5-7-9-16/h5-13H,4H2,1-3H3,(H,19,20). The quantitative estimate of drug-likeness (QED) is 0.792. The average molecular weight is 315 g/mol. The van der Waals surface area contributed by atoms with Gasteiger partial charge in [0.1, 0.15) is 5.75 Å². The second-order valence-electron chi connectivity index (χ2n) is 5.34. The van der Waals surface area contributed by atoms with E-state index in [9.17, 15) is 4.79 Å². The number of thioether (sulfide) groups is 1. The highest BCUT2D eigenvalue weighted by Gasteiger charge is 2.29. The van der Waals surface area contributed by atoms with Crippen molar-refractivity contribution in [3.05, 3.63) is 54.6 Å². The number of nitrogens with one attached hydrogen (secondary N) is 1. The number of hydrogen-bond donors (Lipinski definition) is 1. The van der Waals surface area contributed by atoms with E-state index in [-0.39, 0.29) is 5.91 Å². The van der Waals surface area contributed by atoms with E-state index in [2.05, 4.69) is 5.32 Å². The first kappa shape index (κ1) is 16.4. The molecule has 0 aliphatic carbocycles. The highest BCUT2D eigenvalue weighted by Crippen LogP contribution is 2.33. The van der Waals surface area contributed by atoms with Gasteiger partial charge in [-0.1, -0.05) is 18.2 Å². The van der Waals surface area contributed by atoms with E-state index in [0.29, 0.717) is 6.61 Å². The summed E-state index contributed by atoms with van der Waals surface area (Å²) in [6.45, 7) is 6.43. The zero-order valence-electron chi connectivity index (χ0n) is 13.1. The number of hydrogen-bond acceptors (Lipinski definition) is 3. The highest BCUT2D eigenvalue weighted by molar-refractivity contribution is 8.01. The Kier molecular flexibility index (Phi) is 5.50. The van der Waals surface area contributed by atoms with Gasteiger partial charge < -0.3 is 10.1 Å². The van der Waals surface area contributed by atoms with Crippen LogP contribution in [0, 0.1) is 0 Å². The Morgan fingerprint density at radius 1 is 1.09 bits per heavy atom. The van der Waals surface area contributed by atoms with E-state index >= 15 is 0 Å². The number of rotatable bonds is 6. The average Bonchev–Trinajstić information content (AvgIpc) is 2.50. The van der Waals surface area contributed by atoms with Crippen LogP contribution in [-0.4, -0.2) is 17.3 Å². The molecule has 0 aliphatic heterocycles. The van der Waals surface area contributed by atoms with Crippen molar-refractivity contribution in [2.24, 2.45) is 0 Å². The van der Waals surface area contributed by atoms with E-state index in [1.54, 1.807) is 11.8 Å². The molecule has 2 rings (SSSR count). The summed E-state index contributed by atoms with van der Waals surface area (Å²) in [5, 5.41) is 2.96. The van der Waals surface area contributed by atoms with Crippen molar-refractivity contribution in [1.82, 2.24) is 0 Å². The van der Waals surface area contributed by atoms with Gasteiger partial charge in [0.2, 0.25) is 5.91 Å². The summed E-state index contributed by atoms with van der Waals surface area (Å²) < 4.78 is 4.84. The fourth-order valence-electron chi connectivity index (χ4n) is 1.91. The lowest BCUT2D eigenvalue weighted by Gasteiger charge is -2.23. The van der Waals surface area contributed by atoms with Gasteiger partial charge in [-0.05, 0) is 57.2 Å². The Bertz CT molecular complexity index is 609. The second kappa shape index (κ2) is 7.36. The summed E-state index contributed by atoms with van der Waals surface area (Å²) in [4.78, 5) is 13.6. The molecule has 0 radical (unpaired) electrons. The normalized spacial score (nSPS) is 11.0. The van der Waals surface area contributed by atoms with Crippen LogP contribution in [0.2, 0.25) is 0 Å². The fourth-order valence-corrected chi connectivity index (χ4v) is 2.94. The Hall–Kier alpha value is -1.94. The molecular formula is C18H21NO2S. The predicted molar refractivity (Wildman–Crippen MR) is 92.6 cm³/mol. The number of carbonyl (C=O) groups excluding carboxylic acids is 1. The van der Waals surface area contributed by atoms with Gasteiger partial charge in [0.25, 0.3) is 0 Å². The third-order valence-electron chi connectivity index (χ3n) is 3.09. The molecule has 1 N–H and O–H groups in total. The maximum Gasteiger partial charge on any atom is 0.240 e. The molecule has 0 bridgehead atoms. The molecule has 22 heavy (non-hydrogen) atoms.